The smallest absolute Gasteiger partial charge is 0.316 e. The van der Waals surface area contributed by atoms with E-state index in [9.17, 15) is 4.79 Å². The molecule has 0 radical (unpaired) electrons. The number of morpholine rings is 2. The number of hydrogen-bond donors (Lipinski definition) is 1. The molecular weight excluding hydrogens is 564 g/mol. The van der Waals surface area contributed by atoms with Crippen LogP contribution in [0.5, 0.6) is 0 Å². The molecule has 4 fully saturated rings. The van der Waals surface area contributed by atoms with Crippen molar-refractivity contribution in [2.24, 2.45) is 0 Å². The predicted octanol–water partition coefficient (Wildman–Crippen LogP) is 3.54. The van der Waals surface area contributed by atoms with Crippen LogP contribution in [0, 0.1) is 13.8 Å². The summed E-state index contributed by atoms with van der Waals surface area (Å²) in [6, 6.07) is 13.6. The van der Waals surface area contributed by atoms with Crippen molar-refractivity contribution < 1.29 is 14.3 Å². The van der Waals surface area contributed by atoms with Crippen molar-refractivity contribution in [1.29, 1.82) is 0 Å². The van der Waals surface area contributed by atoms with Gasteiger partial charge in [0.05, 0.1) is 26.4 Å². The van der Waals surface area contributed by atoms with Crippen LogP contribution in [0.4, 0.5) is 16.2 Å². The summed E-state index contributed by atoms with van der Waals surface area (Å²) in [7, 11) is 0. The van der Waals surface area contributed by atoms with E-state index in [2.05, 4.69) is 75.2 Å². The molecule has 0 spiro atoms. The van der Waals surface area contributed by atoms with Crippen LogP contribution < -0.4 is 15.1 Å². The van der Waals surface area contributed by atoms with Crippen LogP contribution in [-0.2, 0) is 22.6 Å². The number of benzene rings is 2. The number of halogens is 1. The molecule has 4 aliphatic heterocycles. The van der Waals surface area contributed by atoms with Gasteiger partial charge in [0.15, 0.2) is 0 Å². The molecule has 236 valence electrons. The molecule has 10 heteroatoms. The van der Waals surface area contributed by atoms with Crippen molar-refractivity contribution >= 4 is 28.3 Å². The Bertz CT molecular complexity index is 1170. The Morgan fingerprint density at radius 1 is 0.674 bits per heavy atom. The normalized spacial score (nSPS) is 20.5. The third kappa shape index (κ3) is 9.30. The second kappa shape index (κ2) is 16.1. The van der Waals surface area contributed by atoms with Crippen LogP contribution in [-0.4, -0.2) is 125 Å². The zero-order valence-electron chi connectivity index (χ0n) is 26.0. The summed E-state index contributed by atoms with van der Waals surface area (Å²) in [5.41, 5.74) is 8.17. The number of hydrogen-bond acceptors (Lipinski definition) is 8. The molecule has 4 saturated heterocycles. The molecule has 6 rings (SSSR count). The van der Waals surface area contributed by atoms with Crippen LogP contribution in [0.1, 0.15) is 22.3 Å². The molecule has 0 atom stereocenters. The SMILES string of the molecule is Cc1ccc(CN2CCN(C(=O)Cl)CC2)c(N2CCOCC2)c1.Cc1ccc(CN2CCNCC2)c(N2CCOCC2)c1. The molecule has 0 unspecified atom stereocenters. The molecule has 4 aliphatic rings. The van der Waals surface area contributed by atoms with Crippen molar-refractivity contribution in [3.63, 3.8) is 0 Å². The first-order valence-corrected chi connectivity index (χ1v) is 16.3. The van der Waals surface area contributed by atoms with Crippen LogP contribution in [0.25, 0.3) is 0 Å². The summed E-state index contributed by atoms with van der Waals surface area (Å²) in [6.07, 6.45) is 0. The molecule has 2 aromatic rings. The molecule has 1 amide bonds. The molecule has 0 aromatic heterocycles. The Labute approximate surface area is 262 Å². The molecule has 4 heterocycles. The van der Waals surface area contributed by atoms with Gasteiger partial charge in [-0.15, -0.1) is 0 Å². The van der Waals surface area contributed by atoms with Crippen LogP contribution in [0.3, 0.4) is 0 Å². The van der Waals surface area contributed by atoms with Gasteiger partial charge in [0.2, 0.25) is 0 Å². The minimum absolute atomic E-state index is 0.339. The minimum Gasteiger partial charge on any atom is -0.378 e. The molecule has 0 bridgehead atoms. The number of rotatable bonds is 6. The molecule has 0 aliphatic carbocycles. The van der Waals surface area contributed by atoms with E-state index >= 15 is 0 Å². The van der Waals surface area contributed by atoms with Gasteiger partial charge in [-0.3, -0.25) is 14.6 Å². The first-order chi connectivity index (χ1) is 21.0. The van der Waals surface area contributed by atoms with Gasteiger partial charge in [-0.05, 0) is 59.8 Å². The quantitative estimate of drug-likeness (QED) is 0.393. The highest BCUT2D eigenvalue weighted by Crippen LogP contribution is 2.26. The van der Waals surface area contributed by atoms with E-state index in [1.54, 1.807) is 4.90 Å². The van der Waals surface area contributed by atoms with Gasteiger partial charge in [-0.2, -0.15) is 0 Å². The van der Waals surface area contributed by atoms with Crippen molar-refractivity contribution in [3.05, 3.63) is 58.7 Å². The lowest BCUT2D eigenvalue weighted by Crippen LogP contribution is -2.47. The zero-order valence-corrected chi connectivity index (χ0v) is 26.8. The largest absolute Gasteiger partial charge is 0.378 e. The highest BCUT2D eigenvalue weighted by atomic mass is 35.5. The number of amides is 1. The van der Waals surface area contributed by atoms with E-state index in [0.717, 1.165) is 105 Å². The summed E-state index contributed by atoms with van der Waals surface area (Å²) >= 11 is 5.56. The monoisotopic (exact) mass is 612 g/mol. The average Bonchev–Trinajstić information content (AvgIpc) is 3.05. The predicted molar refractivity (Wildman–Crippen MR) is 175 cm³/mol. The maximum Gasteiger partial charge on any atom is 0.316 e. The first-order valence-electron chi connectivity index (χ1n) is 15.9. The fourth-order valence-electron chi connectivity index (χ4n) is 6.25. The number of piperazine rings is 2. The Hall–Kier alpha value is -2.40. The Morgan fingerprint density at radius 3 is 1.56 bits per heavy atom. The highest BCUT2D eigenvalue weighted by molar-refractivity contribution is 6.62. The van der Waals surface area contributed by atoms with Crippen molar-refractivity contribution in [1.82, 2.24) is 20.0 Å². The molecular formula is C33H49ClN6O3. The number of nitrogens with zero attached hydrogens (tertiary/aromatic N) is 5. The number of carbonyl (C=O) groups is 1. The number of aryl methyl sites for hydroxylation is 2. The van der Waals surface area contributed by atoms with Crippen LogP contribution in [0.15, 0.2) is 36.4 Å². The van der Waals surface area contributed by atoms with E-state index < -0.39 is 0 Å². The Kier molecular flexibility index (Phi) is 12.0. The first kappa shape index (κ1) is 32.0. The number of anilines is 2. The number of ether oxygens (including phenoxy) is 2. The molecule has 0 saturated carbocycles. The third-order valence-electron chi connectivity index (χ3n) is 8.80. The van der Waals surface area contributed by atoms with E-state index in [1.165, 1.54) is 33.6 Å². The summed E-state index contributed by atoms with van der Waals surface area (Å²) in [5.74, 6) is 0. The number of nitrogens with one attached hydrogen (secondary N) is 1. The van der Waals surface area contributed by atoms with E-state index in [4.69, 9.17) is 21.1 Å². The Balaban J connectivity index is 0.000000173. The Morgan fingerprint density at radius 2 is 1.12 bits per heavy atom. The minimum atomic E-state index is -0.339. The van der Waals surface area contributed by atoms with Gasteiger partial charge in [-0.25, -0.2) is 0 Å². The number of carbonyl (C=O) groups excluding carboxylic acids is 1. The van der Waals surface area contributed by atoms with Crippen LogP contribution >= 0.6 is 11.6 Å². The second-order valence-electron chi connectivity index (χ2n) is 12.0. The summed E-state index contributed by atoms with van der Waals surface area (Å²) in [5, 5.41) is 3.08. The standard InChI is InChI=1S/C17H24ClN3O2.C16H25N3O/c1-14-2-3-15(16(12-14)20-8-10-23-11-9-20)13-19-4-6-21(7-5-19)17(18)22;1-14-2-3-15(13-18-6-4-17-5-7-18)16(12-14)19-8-10-20-11-9-19/h2-3,12H,4-11,13H2,1H3;2-3,12,17H,4-11,13H2,1H3. The van der Waals surface area contributed by atoms with E-state index in [1.807, 2.05) is 0 Å². The lowest BCUT2D eigenvalue weighted by atomic mass is 10.1. The maximum atomic E-state index is 11.2. The van der Waals surface area contributed by atoms with Crippen molar-refractivity contribution in [3.8, 4) is 0 Å². The topological polar surface area (TPSA) is 63.8 Å². The second-order valence-corrected chi connectivity index (χ2v) is 12.3. The van der Waals surface area contributed by atoms with E-state index in [-0.39, 0.29) is 5.37 Å². The molecule has 2 aromatic carbocycles. The molecule has 1 N–H and O–H groups in total. The highest BCUT2D eigenvalue weighted by Gasteiger charge is 2.22. The van der Waals surface area contributed by atoms with Crippen LogP contribution in [0.2, 0.25) is 0 Å². The van der Waals surface area contributed by atoms with Gasteiger partial charge >= 0.3 is 5.37 Å². The van der Waals surface area contributed by atoms with Gasteiger partial charge in [-0.1, -0.05) is 24.3 Å². The summed E-state index contributed by atoms with van der Waals surface area (Å²) < 4.78 is 11.0. The van der Waals surface area contributed by atoms with Gasteiger partial charge in [0.25, 0.3) is 0 Å². The fraction of sp³-hybridized carbons (Fsp3) is 0.606. The lowest BCUT2D eigenvalue weighted by Gasteiger charge is -2.35. The summed E-state index contributed by atoms with van der Waals surface area (Å²) in [6.45, 7) is 21.2. The van der Waals surface area contributed by atoms with Gasteiger partial charge in [0, 0.05) is 103 Å². The van der Waals surface area contributed by atoms with Gasteiger partial charge < -0.3 is 29.5 Å². The average molecular weight is 613 g/mol. The zero-order chi connectivity index (χ0) is 30.0. The van der Waals surface area contributed by atoms with Gasteiger partial charge in [0.1, 0.15) is 0 Å². The molecule has 43 heavy (non-hydrogen) atoms. The van der Waals surface area contributed by atoms with Crippen molar-refractivity contribution in [2.45, 2.75) is 26.9 Å². The van der Waals surface area contributed by atoms with E-state index in [0.29, 0.717) is 13.1 Å². The van der Waals surface area contributed by atoms with Crippen molar-refractivity contribution in [2.75, 3.05) is 115 Å². The maximum absolute atomic E-state index is 11.2. The summed E-state index contributed by atoms with van der Waals surface area (Å²) in [4.78, 5) is 22.8. The molecule has 9 nitrogen and oxygen atoms in total. The third-order valence-corrected chi connectivity index (χ3v) is 9.04. The fourth-order valence-corrected chi connectivity index (χ4v) is 6.41. The lowest BCUT2D eigenvalue weighted by molar-refractivity contribution is 0.122.